The van der Waals surface area contributed by atoms with E-state index < -0.39 is 53.0 Å². The second-order valence-electron chi connectivity index (χ2n) is 7.01. The van der Waals surface area contributed by atoms with Crippen LogP contribution in [0.5, 0.6) is 0 Å². The first-order valence-corrected chi connectivity index (χ1v) is 9.29. The van der Waals surface area contributed by atoms with Crippen LogP contribution in [0.25, 0.3) is 0 Å². The van der Waals surface area contributed by atoms with E-state index in [9.17, 15) is 34.2 Å². The third kappa shape index (κ3) is 3.09. The average molecular weight is 398 g/mol. The molecule has 0 aliphatic heterocycles. The lowest BCUT2D eigenvalue weighted by molar-refractivity contribution is -0.232. The van der Waals surface area contributed by atoms with E-state index >= 15 is 0 Å². The minimum atomic E-state index is -1.96. The molecule has 11 nitrogen and oxygen atoms in total. The van der Waals surface area contributed by atoms with Crippen molar-refractivity contribution >= 4 is 29.7 Å². The zero-order chi connectivity index (χ0) is 21.4. The third-order valence-electron chi connectivity index (χ3n) is 5.63. The van der Waals surface area contributed by atoms with Crippen LogP contribution in [0.15, 0.2) is 0 Å². The van der Waals surface area contributed by atoms with E-state index in [0.717, 1.165) is 5.01 Å². The Kier molecular flexibility index (Phi) is 5.97. The molecule has 11 heteroatoms. The Bertz CT molecular complexity index is 712. The summed E-state index contributed by atoms with van der Waals surface area (Å²) in [6.07, 6.45) is -0.144. The van der Waals surface area contributed by atoms with Crippen molar-refractivity contribution in [3.8, 4) is 0 Å². The Hall–Kier alpha value is -2.69. The number of nitrogens with zero attached hydrogens (tertiary/aromatic N) is 3. The van der Waals surface area contributed by atoms with Crippen LogP contribution in [-0.2, 0) is 24.0 Å². The topological polar surface area (TPSA) is 162 Å². The van der Waals surface area contributed by atoms with Crippen LogP contribution in [0.3, 0.4) is 0 Å². The normalized spacial score (nSPS) is 27.5. The number of hydrogen-bond donors (Lipinski definition) is 3. The summed E-state index contributed by atoms with van der Waals surface area (Å²) >= 11 is 0. The molecule has 0 aromatic heterocycles. The van der Waals surface area contributed by atoms with Crippen molar-refractivity contribution in [2.75, 3.05) is 0 Å². The highest BCUT2D eigenvalue weighted by Gasteiger charge is 2.75. The van der Waals surface area contributed by atoms with E-state index in [2.05, 4.69) is 0 Å². The van der Waals surface area contributed by atoms with Crippen LogP contribution in [-0.4, -0.2) is 60.7 Å². The van der Waals surface area contributed by atoms with E-state index in [1.807, 2.05) is 0 Å². The maximum atomic E-state index is 12.9. The Labute approximate surface area is 161 Å². The lowest BCUT2D eigenvalue weighted by atomic mass is 9.89. The molecule has 2 aliphatic carbocycles. The van der Waals surface area contributed by atoms with Crippen LogP contribution < -0.4 is 5.84 Å². The molecular formula is C17H26N4O7. The van der Waals surface area contributed by atoms with Gasteiger partial charge in [0, 0.05) is 25.2 Å². The summed E-state index contributed by atoms with van der Waals surface area (Å²) in [7, 11) is 0. The van der Waals surface area contributed by atoms with Crippen LogP contribution >= 0.6 is 0 Å². The maximum absolute atomic E-state index is 12.9. The monoisotopic (exact) mass is 398 g/mol. The zero-order valence-corrected chi connectivity index (χ0v) is 16.1. The largest absolute Gasteiger partial charge is 0.481 e. The molecule has 0 aromatic rings. The van der Waals surface area contributed by atoms with Gasteiger partial charge in [0.25, 0.3) is 11.8 Å². The van der Waals surface area contributed by atoms with Crippen LogP contribution in [0.1, 0.15) is 52.9 Å². The fourth-order valence-electron chi connectivity index (χ4n) is 4.25. The van der Waals surface area contributed by atoms with Gasteiger partial charge in [0.05, 0.1) is 5.92 Å². The quantitative estimate of drug-likeness (QED) is 0.319. The molecule has 0 saturated heterocycles. The van der Waals surface area contributed by atoms with Crippen molar-refractivity contribution in [3.63, 3.8) is 0 Å². The first-order chi connectivity index (χ1) is 13.1. The summed E-state index contributed by atoms with van der Waals surface area (Å²) in [4.78, 5) is 61.6. The van der Waals surface area contributed by atoms with Crippen molar-refractivity contribution < 1.29 is 34.2 Å². The molecule has 0 aromatic carbocycles. The maximum Gasteiger partial charge on any atom is 0.332 e. The lowest BCUT2D eigenvalue weighted by Gasteiger charge is -2.47. The molecular weight excluding hydrogens is 372 g/mol. The number of hydrazine groups is 3. The number of fused-ring (bicyclic) bond motifs is 1. The molecule has 4 N–H and O–H groups in total. The summed E-state index contributed by atoms with van der Waals surface area (Å²) in [6.45, 7) is 4.47. The highest BCUT2D eigenvalue weighted by molar-refractivity contribution is 5.92. The van der Waals surface area contributed by atoms with Gasteiger partial charge < -0.3 is 10.2 Å². The van der Waals surface area contributed by atoms with Crippen LogP contribution in [0.4, 0.5) is 0 Å². The predicted molar refractivity (Wildman–Crippen MR) is 93.3 cm³/mol. The van der Waals surface area contributed by atoms with Gasteiger partial charge >= 0.3 is 11.9 Å². The minimum Gasteiger partial charge on any atom is -0.481 e. The number of carboxylic acid groups (broad SMARTS) is 2. The molecule has 2 saturated carbocycles. The smallest absolute Gasteiger partial charge is 0.332 e. The number of hydrogen-bond acceptors (Lipinski definition) is 6. The van der Waals surface area contributed by atoms with Crippen molar-refractivity contribution in [3.05, 3.63) is 0 Å². The number of carbonyl (C=O) groups excluding carboxylic acids is 3. The SMILES string of the molecule is CCC(=O)N(N)N(C(=O)CC)N(C(=O)CC)[C@@]1(C(=O)O)CC[C@H]2[C@H](C(=O)O)[C@H]21. The number of carbonyl (C=O) groups is 5. The molecule has 0 radical (unpaired) electrons. The fraction of sp³-hybridized carbons (Fsp3) is 0.706. The number of carboxylic acids is 2. The molecule has 4 atom stereocenters. The molecule has 0 heterocycles. The number of amides is 3. The first kappa shape index (κ1) is 21.6. The van der Waals surface area contributed by atoms with Gasteiger partial charge in [0.1, 0.15) is 0 Å². The second kappa shape index (κ2) is 7.74. The summed E-state index contributed by atoms with van der Waals surface area (Å²) in [6, 6.07) is 0. The van der Waals surface area contributed by atoms with Gasteiger partial charge in [-0.15, -0.1) is 5.12 Å². The summed E-state index contributed by atoms with van der Waals surface area (Å²) < 4.78 is 0. The Morgan fingerprint density at radius 1 is 0.964 bits per heavy atom. The predicted octanol–water partition coefficient (Wildman–Crippen LogP) is -0.0301. The molecule has 2 aliphatic rings. The molecule has 3 amide bonds. The van der Waals surface area contributed by atoms with E-state index in [1.54, 1.807) is 0 Å². The van der Waals surface area contributed by atoms with E-state index in [4.69, 9.17) is 5.84 Å². The molecule has 28 heavy (non-hydrogen) atoms. The molecule has 0 spiro atoms. The Morgan fingerprint density at radius 2 is 1.50 bits per heavy atom. The van der Waals surface area contributed by atoms with Gasteiger partial charge in [-0.3, -0.25) is 19.2 Å². The minimum absolute atomic E-state index is 0.0329. The molecule has 156 valence electrons. The van der Waals surface area contributed by atoms with Gasteiger partial charge in [0.2, 0.25) is 5.91 Å². The van der Waals surface area contributed by atoms with Gasteiger partial charge in [-0.25, -0.2) is 15.6 Å². The zero-order valence-electron chi connectivity index (χ0n) is 16.1. The lowest BCUT2D eigenvalue weighted by Crippen LogP contribution is -2.71. The standard InChI is InChI=1S/C17H26N4O7/c1-4-10(22)19(21(12(24)6-3)20(18)11(23)5-2)17(16(27)28)8-7-9-13(14(9)17)15(25)26/h9,13-14H,4-8,18H2,1-3H3,(H,25,26)(H,27,28)/t9-,13-,14-,17-/m0/s1. The number of nitrogens with two attached hydrogens (primary N) is 1. The van der Waals surface area contributed by atoms with Crippen molar-refractivity contribution in [2.45, 2.75) is 58.4 Å². The van der Waals surface area contributed by atoms with Crippen LogP contribution in [0, 0.1) is 17.8 Å². The van der Waals surface area contributed by atoms with Gasteiger partial charge in [-0.2, -0.15) is 5.12 Å². The van der Waals surface area contributed by atoms with E-state index in [-0.39, 0.29) is 32.1 Å². The molecule has 0 bridgehead atoms. The van der Waals surface area contributed by atoms with E-state index in [1.165, 1.54) is 20.8 Å². The van der Waals surface area contributed by atoms with Gasteiger partial charge in [-0.05, 0) is 18.8 Å². The highest BCUT2D eigenvalue weighted by Crippen LogP contribution is 2.64. The van der Waals surface area contributed by atoms with Gasteiger partial charge in [-0.1, -0.05) is 20.8 Å². The van der Waals surface area contributed by atoms with Crippen molar-refractivity contribution in [2.24, 2.45) is 23.6 Å². The fourth-order valence-corrected chi connectivity index (χ4v) is 4.25. The molecule has 0 unspecified atom stereocenters. The molecule has 2 fully saturated rings. The third-order valence-corrected chi connectivity index (χ3v) is 5.63. The first-order valence-electron chi connectivity index (χ1n) is 9.29. The summed E-state index contributed by atoms with van der Waals surface area (Å²) in [5, 5.41) is 21.3. The summed E-state index contributed by atoms with van der Waals surface area (Å²) in [5.74, 6) is -1.14. The second-order valence-corrected chi connectivity index (χ2v) is 7.01. The Morgan fingerprint density at radius 3 is 1.89 bits per heavy atom. The van der Waals surface area contributed by atoms with Crippen molar-refractivity contribution in [1.29, 1.82) is 0 Å². The van der Waals surface area contributed by atoms with E-state index in [0.29, 0.717) is 10.2 Å². The highest BCUT2D eigenvalue weighted by atomic mass is 16.4. The number of aliphatic carboxylic acids is 2. The Balaban J connectivity index is 2.63. The van der Waals surface area contributed by atoms with Crippen molar-refractivity contribution in [1.82, 2.24) is 15.2 Å². The average Bonchev–Trinajstić information content (AvgIpc) is 3.28. The molecule has 2 rings (SSSR count). The number of rotatable bonds is 6. The summed E-state index contributed by atoms with van der Waals surface area (Å²) in [5.41, 5.74) is -1.96. The van der Waals surface area contributed by atoms with Gasteiger partial charge in [0.15, 0.2) is 5.54 Å². The van der Waals surface area contributed by atoms with Crippen LogP contribution in [0.2, 0.25) is 0 Å².